The summed E-state index contributed by atoms with van der Waals surface area (Å²) in [5.74, 6) is 1.01. The van der Waals surface area contributed by atoms with Crippen LogP contribution in [0.3, 0.4) is 0 Å². The molecule has 2 aromatic carbocycles. The lowest BCUT2D eigenvalue weighted by Gasteiger charge is -2.21. The van der Waals surface area contributed by atoms with Crippen molar-refractivity contribution in [3.05, 3.63) is 83.5 Å². The lowest BCUT2D eigenvalue weighted by Crippen LogP contribution is -2.31. The van der Waals surface area contributed by atoms with Crippen LogP contribution in [0.2, 0.25) is 0 Å². The van der Waals surface area contributed by atoms with Crippen LogP contribution in [0, 0.1) is 12.7 Å². The normalized spacial score (nSPS) is 10.8. The number of aryl methyl sites for hydroxylation is 1. The number of carbonyl (C=O) groups is 1. The number of aromatic nitrogens is 1. The van der Waals surface area contributed by atoms with Gasteiger partial charge in [0.2, 0.25) is 0 Å². The molecule has 31 heavy (non-hydrogen) atoms. The first-order chi connectivity index (χ1) is 15.0. The largest absolute Gasteiger partial charge is 0.493 e. The Labute approximate surface area is 178 Å². The number of hydrogen-bond acceptors (Lipinski definition) is 5. The number of halogens is 1. The van der Waals surface area contributed by atoms with Crippen molar-refractivity contribution in [2.45, 2.75) is 13.5 Å². The lowest BCUT2D eigenvalue weighted by atomic mass is 10.1. The summed E-state index contributed by atoms with van der Waals surface area (Å²) in [7, 11) is 3.12. The van der Waals surface area contributed by atoms with E-state index in [0.29, 0.717) is 33.8 Å². The van der Waals surface area contributed by atoms with Gasteiger partial charge in [0.15, 0.2) is 17.3 Å². The maximum absolute atomic E-state index is 13.7. The smallest absolute Gasteiger partial charge is 0.295 e. The van der Waals surface area contributed by atoms with E-state index in [1.165, 1.54) is 23.1 Å². The Balaban J connectivity index is 1.76. The molecule has 0 saturated carbocycles. The first kappa shape index (κ1) is 20.4. The monoisotopic (exact) mass is 420 g/mol. The summed E-state index contributed by atoms with van der Waals surface area (Å²) in [6.45, 7) is 1.96. The van der Waals surface area contributed by atoms with E-state index in [-0.39, 0.29) is 24.0 Å². The molecule has 0 aliphatic heterocycles. The molecule has 0 spiro atoms. The molecule has 7 heteroatoms. The van der Waals surface area contributed by atoms with Crippen LogP contribution in [0.15, 0.2) is 65.2 Å². The second kappa shape index (κ2) is 8.47. The summed E-state index contributed by atoms with van der Waals surface area (Å²) in [5.41, 5.74) is 1.85. The van der Waals surface area contributed by atoms with E-state index in [0.717, 1.165) is 5.56 Å². The molecule has 0 atom stereocenters. The fourth-order valence-electron chi connectivity index (χ4n) is 3.45. The van der Waals surface area contributed by atoms with Gasteiger partial charge >= 0.3 is 0 Å². The number of benzene rings is 2. The maximum Gasteiger partial charge on any atom is 0.295 e. The molecular weight excluding hydrogens is 399 g/mol. The zero-order valence-electron chi connectivity index (χ0n) is 17.4. The number of furan rings is 1. The fourth-order valence-corrected chi connectivity index (χ4v) is 3.45. The van der Waals surface area contributed by atoms with Gasteiger partial charge in [0.05, 0.1) is 20.8 Å². The molecule has 0 unspecified atom stereocenters. The average molecular weight is 420 g/mol. The van der Waals surface area contributed by atoms with Gasteiger partial charge in [-0.1, -0.05) is 12.1 Å². The van der Waals surface area contributed by atoms with Gasteiger partial charge in [-0.05, 0) is 55.0 Å². The number of carbonyl (C=O) groups excluding carboxylic acids is 1. The number of methoxy groups -OCH3 is 2. The SMILES string of the molecule is COc1ccc(CN(C(=O)c2oc3ccc(F)cc3c2C)c2ccccn2)cc1OC. The summed E-state index contributed by atoms with van der Waals surface area (Å²) in [5, 5.41) is 0.565. The summed E-state index contributed by atoms with van der Waals surface area (Å²) in [6, 6.07) is 15.0. The number of ether oxygens (including phenoxy) is 2. The van der Waals surface area contributed by atoms with E-state index in [4.69, 9.17) is 13.9 Å². The predicted octanol–water partition coefficient (Wildman–Crippen LogP) is 5.14. The van der Waals surface area contributed by atoms with Crippen molar-refractivity contribution in [2.75, 3.05) is 19.1 Å². The van der Waals surface area contributed by atoms with Crippen molar-refractivity contribution >= 4 is 22.7 Å². The van der Waals surface area contributed by atoms with Crippen molar-refractivity contribution in [1.29, 1.82) is 0 Å². The van der Waals surface area contributed by atoms with E-state index < -0.39 is 0 Å². The molecule has 6 nitrogen and oxygen atoms in total. The Morgan fingerprint density at radius 3 is 2.58 bits per heavy atom. The number of anilines is 1. The molecule has 1 amide bonds. The third-order valence-corrected chi connectivity index (χ3v) is 5.05. The summed E-state index contributed by atoms with van der Waals surface area (Å²) in [6.07, 6.45) is 1.62. The van der Waals surface area contributed by atoms with E-state index in [1.807, 2.05) is 12.1 Å². The lowest BCUT2D eigenvalue weighted by molar-refractivity contribution is 0.0959. The van der Waals surface area contributed by atoms with Crippen LogP contribution in [-0.4, -0.2) is 25.1 Å². The van der Waals surface area contributed by atoms with Crippen LogP contribution in [0.5, 0.6) is 11.5 Å². The third-order valence-electron chi connectivity index (χ3n) is 5.05. The Morgan fingerprint density at radius 1 is 1.06 bits per heavy atom. The highest BCUT2D eigenvalue weighted by molar-refractivity contribution is 6.07. The second-order valence-corrected chi connectivity index (χ2v) is 6.97. The van der Waals surface area contributed by atoms with E-state index in [9.17, 15) is 9.18 Å². The minimum absolute atomic E-state index is 0.145. The Hall–Kier alpha value is -3.87. The number of fused-ring (bicyclic) bond motifs is 1. The molecule has 0 bridgehead atoms. The molecular formula is C24H21FN2O4. The molecule has 4 aromatic rings. The molecule has 0 aliphatic carbocycles. The van der Waals surface area contributed by atoms with Gasteiger partial charge in [0.25, 0.3) is 5.91 Å². The molecule has 2 aromatic heterocycles. The third kappa shape index (κ3) is 3.94. The molecule has 158 valence electrons. The fraction of sp³-hybridized carbons (Fsp3) is 0.167. The van der Waals surface area contributed by atoms with E-state index in [2.05, 4.69) is 4.98 Å². The van der Waals surface area contributed by atoms with Crippen molar-refractivity contribution < 1.29 is 23.1 Å². The Kier molecular flexibility index (Phi) is 5.58. The van der Waals surface area contributed by atoms with Gasteiger partial charge in [0.1, 0.15) is 17.2 Å². The van der Waals surface area contributed by atoms with Crippen molar-refractivity contribution in [3.8, 4) is 11.5 Å². The highest BCUT2D eigenvalue weighted by Crippen LogP contribution is 2.31. The van der Waals surface area contributed by atoms with Crippen LogP contribution in [-0.2, 0) is 6.54 Å². The summed E-state index contributed by atoms with van der Waals surface area (Å²) >= 11 is 0. The highest BCUT2D eigenvalue weighted by atomic mass is 19.1. The molecule has 0 saturated heterocycles. The number of nitrogens with zero attached hydrogens (tertiary/aromatic N) is 2. The van der Waals surface area contributed by atoms with Crippen molar-refractivity contribution in [1.82, 2.24) is 4.98 Å². The van der Waals surface area contributed by atoms with Gasteiger partial charge in [-0.15, -0.1) is 0 Å². The number of pyridine rings is 1. The van der Waals surface area contributed by atoms with Gasteiger partial charge < -0.3 is 13.9 Å². The zero-order chi connectivity index (χ0) is 22.0. The zero-order valence-corrected chi connectivity index (χ0v) is 17.4. The molecule has 0 radical (unpaired) electrons. The van der Waals surface area contributed by atoms with Crippen LogP contribution in [0.4, 0.5) is 10.2 Å². The number of rotatable bonds is 6. The Bertz CT molecular complexity index is 1240. The average Bonchev–Trinajstić information content (AvgIpc) is 3.13. The van der Waals surface area contributed by atoms with Gasteiger partial charge in [-0.25, -0.2) is 9.37 Å². The summed E-state index contributed by atoms with van der Waals surface area (Å²) in [4.78, 5) is 19.4. The Morgan fingerprint density at radius 2 is 1.87 bits per heavy atom. The van der Waals surface area contributed by atoms with Crippen molar-refractivity contribution in [2.24, 2.45) is 0 Å². The number of amides is 1. The molecule has 0 fully saturated rings. The van der Waals surface area contributed by atoms with Crippen molar-refractivity contribution in [3.63, 3.8) is 0 Å². The van der Waals surface area contributed by atoms with Gasteiger partial charge in [-0.3, -0.25) is 9.69 Å². The molecule has 4 rings (SSSR count). The topological polar surface area (TPSA) is 64.8 Å². The minimum Gasteiger partial charge on any atom is -0.493 e. The highest BCUT2D eigenvalue weighted by Gasteiger charge is 2.26. The first-order valence-corrected chi connectivity index (χ1v) is 9.64. The molecule has 0 aliphatic rings. The number of hydrogen-bond donors (Lipinski definition) is 0. The van der Waals surface area contributed by atoms with Crippen LogP contribution in [0.1, 0.15) is 21.7 Å². The van der Waals surface area contributed by atoms with Gasteiger partial charge in [-0.2, -0.15) is 0 Å². The van der Waals surface area contributed by atoms with E-state index >= 15 is 0 Å². The second-order valence-electron chi connectivity index (χ2n) is 6.97. The van der Waals surface area contributed by atoms with E-state index in [1.54, 1.807) is 51.6 Å². The quantitative estimate of drug-likeness (QED) is 0.432. The van der Waals surface area contributed by atoms with Crippen LogP contribution < -0.4 is 14.4 Å². The molecule has 2 heterocycles. The van der Waals surface area contributed by atoms with Crippen LogP contribution >= 0.6 is 0 Å². The predicted molar refractivity (Wildman–Crippen MR) is 115 cm³/mol. The minimum atomic E-state index is -0.387. The van der Waals surface area contributed by atoms with Crippen LogP contribution in [0.25, 0.3) is 11.0 Å². The summed E-state index contributed by atoms with van der Waals surface area (Å²) < 4.78 is 30.2. The van der Waals surface area contributed by atoms with Gasteiger partial charge in [0, 0.05) is 17.1 Å². The first-order valence-electron chi connectivity index (χ1n) is 9.64. The maximum atomic E-state index is 13.7. The standard InChI is InChI=1S/C24H21FN2O4/c1-15-18-13-17(25)8-10-19(18)31-23(15)24(28)27(22-6-4-5-11-26-22)14-16-7-9-20(29-2)21(12-16)30-3/h4-13H,14H2,1-3H3. The molecule has 0 N–H and O–H groups in total.